The lowest BCUT2D eigenvalue weighted by Gasteiger charge is -2.39. The number of benzene rings is 1. The summed E-state index contributed by atoms with van der Waals surface area (Å²) in [5.74, 6) is 2.03. The Morgan fingerprint density at radius 1 is 1.29 bits per heavy atom. The Labute approximate surface area is 189 Å². The van der Waals surface area contributed by atoms with Gasteiger partial charge >= 0.3 is 0 Å². The number of allylic oxidation sites excluding steroid dienone is 1. The lowest BCUT2D eigenvalue weighted by molar-refractivity contribution is -0.129. The monoisotopic (exact) mass is 440 g/mol. The van der Waals surface area contributed by atoms with E-state index in [1.165, 1.54) is 18.2 Å². The summed E-state index contributed by atoms with van der Waals surface area (Å²) in [4.78, 5) is 15.3. The minimum Gasteiger partial charge on any atom is -0.496 e. The molecule has 2 aromatic rings. The summed E-state index contributed by atoms with van der Waals surface area (Å²) in [5, 5.41) is 9.53. The molecule has 7 heteroatoms. The Morgan fingerprint density at radius 2 is 2.06 bits per heavy atom. The second-order valence-electron chi connectivity index (χ2n) is 9.93. The fourth-order valence-corrected chi connectivity index (χ4v) is 6.51. The van der Waals surface area contributed by atoms with E-state index in [1.54, 1.807) is 7.11 Å². The van der Waals surface area contributed by atoms with Crippen LogP contribution in [0.3, 0.4) is 0 Å². The highest BCUT2D eigenvalue weighted by Gasteiger charge is 2.50. The number of carbonyl (C=O) groups excluding carboxylic acids is 1. The van der Waals surface area contributed by atoms with Gasteiger partial charge in [0.1, 0.15) is 5.75 Å². The Bertz CT molecular complexity index is 986. The molecule has 0 N–H and O–H groups in total. The van der Waals surface area contributed by atoms with Crippen LogP contribution in [0.4, 0.5) is 0 Å². The van der Waals surface area contributed by atoms with Crippen molar-refractivity contribution in [1.29, 1.82) is 0 Å². The third-order valence-electron chi connectivity index (χ3n) is 6.44. The van der Waals surface area contributed by atoms with E-state index < -0.39 is 0 Å². The third kappa shape index (κ3) is 4.38. The SMILES string of the molecule is C=CCn1c(SCC(=O)N2C[C@@]3(C)C[C@H]2CC(C)(C)C3)nnc1-c1ccccc1OC. The maximum Gasteiger partial charge on any atom is 0.233 e. The fraction of sp³-hybridized carbons (Fsp3) is 0.542. The van der Waals surface area contributed by atoms with Crippen LogP contribution in [0.25, 0.3) is 11.4 Å². The molecule has 2 atom stereocenters. The van der Waals surface area contributed by atoms with Gasteiger partial charge in [0, 0.05) is 19.1 Å². The molecule has 1 saturated heterocycles. The molecular formula is C24H32N4O2S. The van der Waals surface area contributed by atoms with Crippen molar-refractivity contribution in [2.24, 2.45) is 10.8 Å². The molecule has 2 bridgehead atoms. The zero-order chi connectivity index (χ0) is 22.2. The van der Waals surface area contributed by atoms with Crippen molar-refractivity contribution in [3.05, 3.63) is 36.9 Å². The number of hydrogen-bond donors (Lipinski definition) is 0. The van der Waals surface area contributed by atoms with Crippen LogP contribution in [0.5, 0.6) is 5.75 Å². The minimum absolute atomic E-state index is 0.198. The number of rotatable bonds is 7. The van der Waals surface area contributed by atoms with Crippen molar-refractivity contribution in [2.45, 2.75) is 57.8 Å². The predicted molar refractivity (Wildman–Crippen MR) is 124 cm³/mol. The van der Waals surface area contributed by atoms with E-state index in [-0.39, 0.29) is 11.3 Å². The summed E-state index contributed by atoms with van der Waals surface area (Å²) in [5.41, 5.74) is 1.42. The Morgan fingerprint density at radius 3 is 2.81 bits per heavy atom. The summed E-state index contributed by atoms with van der Waals surface area (Å²) in [6, 6.07) is 8.12. The molecule has 1 saturated carbocycles. The highest BCUT2D eigenvalue weighted by Crippen LogP contribution is 2.52. The molecule has 6 nitrogen and oxygen atoms in total. The molecule has 1 aliphatic heterocycles. The summed E-state index contributed by atoms with van der Waals surface area (Å²) in [6.45, 7) is 12.3. The molecule has 2 aliphatic rings. The number of nitrogens with zero attached hydrogens (tertiary/aromatic N) is 4. The topological polar surface area (TPSA) is 60.2 Å². The van der Waals surface area contributed by atoms with Crippen molar-refractivity contribution in [1.82, 2.24) is 19.7 Å². The second-order valence-corrected chi connectivity index (χ2v) is 10.9. The maximum absolute atomic E-state index is 13.2. The maximum atomic E-state index is 13.2. The second kappa shape index (κ2) is 8.34. The van der Waals surface area contributed by atoms with E-state index in [2.05, 4.69) is 42.4 Å². The van der Waals surface area contributed by atoms with Gasteiger partial charge < -0.3 is 9.64 Å². The number of amides is 1. The summed E-state index contributed by atoms with van der Waals surface area (Å²) >= 11 is 1.45. The van der Waals surface area contributed by atoms with Gasteiger partial charge in [0.05, 0.1) is 18.4 Å². The van der Waals surface area contributed by atoms with E-state index >= 15 is 0 Å². The van der Waals surface area contributed by atoms with Gasteiger partial charge in [-0.3, -0.25) is 9.36 Å². The van der Waals surface area contributed by atoms with Crippen LogP contribution in [-0.2, 0) is 11.3 Å². The zero-order valence-electron chi connectivity index (χ0n) is 18.9. The van der Waals surface area contributed by atoms with Crippen LogP contribution < -0.4 is 4.74 Å². The molecule has 0 radical (unpaired) electrons. The van der Waals surface area contributed by atoms with Crippen LogP contribution >= 0.6 is 11.8 Å². The smallest absolute Gasteiger partial charge is 0.233 e. The van der Waals surface area contributed by atoms with Gasteiger partial charge in [0.15, 0.2) is 11.0 Å². The average molecular weight is 441 g/mol. The first-order valence-electron chi connectivity index (χ1n) is 10.8. The van der Waals surface area contributed by atoms with Gasteiger partial charge in [-0.15, -0.1) is 16.8 Å². The van der Waals surface area contributed by atoms with E-state index in [4.69, 9.17) is 4.74 Å². The van der Waals surface area contributed by atoms with Crippen molar-refractivity contribution in [3.8, 4) is 17.1 Å². The highest BCUT2D eigenvalue weighted by atomic mass is 32.2. The van der Waals surface area contributed by atoms with Gasteiger partial charge in [0.2, 0.25) is 5.91 Å². The quantitative estimate of drug-likeness (QED) is 0.463. The van der Waals surface area contributed by atoms with Crippen LogP contribution in [-0.4, -0.2) is 51.0 Å². The minimum atomic E-state index is 0.198. The van der Waals surface area contributed by atoms with E-state index in [0.717, 1.165) is 41.7 Å². The van der Waals surface area contributed by atoms with Crippen LogP contribution in [0.15, 0.2) is 42.1 Å². The average Bonchev–Trinajstić information content (AvgIpc) is 3.22. The highest BCUT2D eigenvalue weighted by molar-refractivity contribution is 7.99. The van der Waals surface area contributed by atoms with Gasteiger partial charge in [-0.25, -0.2) is 0 Å². The number of methoxy groups -OCH3 is 1. The lowest BCUT2D eigenvalue weighted by Crippen LogP contribution is -2.38. The Hall–Kier alpha value is -2.28. The van der Waals surface area contributed by atoms with Crippen LogP contribution in [0.2, 0.25) is 0 Å². The molecule has 0 spiro atoms. The van der Waals surface area contributed by atoms with E-state index in [0.29, 0.717) is 23.8 Å². The third-order valence-corrected chi connectivity index (χ3v) is 7.39. The van der Waals surface area contributed by atoms with Crippen molar-refractivity contribution in [3.63, 3.8) is 0 Å². The summed E-state index contributed by atoms with van der Waals surface area (Å²) < 4.78 is 7.50. The van der Waals surface area contributed by atoms with Crippen LogP contribution in [0.1, 0.15) is 40.0 Å². The molecule has 166 valence electrons. The molecule has 0 unspecified atom stereocenters. The molecule has 1 amide bonds. The van der Waals surface area contributed by atoms with E-state index in [1.807, 2.05) is 34.9 Å². The number of aromatic nitrogens is 3. The normalized spacial score (nSPS) is 24.3. The molecule has 2 heterocycles. The molecule has 2 fully saturated rings. The van der Waals surface area contributed by atoms with Crippen molar-refractivity contribution in [2.75, 3.05) is 19.4 Å². The predicted octanol–water partition coefficient (Wildman–Crippen LogP) is 4.66. The Kier molecular flexibility index (Phi) is 5.90. The lowest BCUT2D eigenvalue weighted by atomic mass is 9.65. The first kappa shape index (κ1) is 21.9. The van der Waals surface area contributed by atoms with Gasteiger partial charge in [-0.1, -0.05) is 50.7 Å². The van der Waals surface area contributed by atoms with Crippen molar-refractivity contribution >= 4 is 17.7 Å². The van der Waals surface area contributed by atoms with Gasteiger partial charge in [-0.05, 0) is 42.2 Å². The first-order valence-corrected chi connectivity index (χ1v) is 11.8. The van der Waals surface area contributed by atoms with Gasteiger partial charge in [-0.2, -0.15) is 0 Å². The number of carbonyl (C=O) groups is 1. The number of thioether (sulfide) groups is 1. The first-order chi connectivity index (χ1) is 14.8. The molecule has 31 heavy (non-hydrogen) atoms. The van der Waals surface area contributed by atoms with E-state index in [9.17, 15) is 4.79 Å². The largest absolute Gasteiger partial charge is 0.496 e. The molecule has 1 aliphatic carbocycles. The molecular weight excluding hydrogens is 408 g/mol. The summed E-state index contributed by atoms with van der Waals surface area (Å²) in [7, 11) is 1.65. The van der Waals surface area contributed by atoms with Crippen LogP contribution in [0, 0.1) is 10.8 Å². The number of ether oxygens (including phenoxy) is 1. The molecule has 1 aromatic heterocycles. The van der Waals surface area contributed by atoms with Crippen molar-refractivity contribution < 1.29 is 9.53 Å². The number of para-hydroxylation sites is 1. The Balaban J connectivity index is 1.51. The number of likely N-dealkylation sites (tertiary alicyclic amines) is 1. The summed E-state index contributed by atoms with van der Waals surface area (Å²) in [6.07, 6.45) is 5.21. The molecule has 4 rings (SSSR count). The molecule has 1 aromatic carbocycles. The number of hydrogen-bond acceptors (Lipinski definition) is 5. The standard InChI is InChI=1S/C24H32N4O2S/c1-6-11-27-21(18-9-7-8-10-19(18)30-5)25-26-22(27)31-14-20(29)28-16-24(4)13-17(28)12-23(2,3)15-24/h6-10,17H,1,11-16H2,2-5H3/t17-,24+/m1/s1. The zero-order valence-corrected chi connectivity index (χ0v) is 19.7. The number of fused-ring (bicyclic) bond motifs is 2. The fourth-order valence-electron chi connectivity index (χ4n) is 5.68. The van der Waals surface area contributed by atoms with Gasteiger partial charge in [0.25, 0.3) is 0 Å².